The Morgan fingerprint density at radius 3 is 2.45 bits per heavy atom. The predicted molar refractivity (Wildman–Crippen MR) is 40.6 cm³/mol. The van der Waals surface area contributed by atoms with E-state index in [2.05, 4.69) is 9.97 Å². The molecule has 1 aromatic heterocycles. The van der Waals surface area contributed by atoms with Crippen LogP contribution in [0.5, 0.6) is 0 Å². The second kappa shape index (κ2) is 3.41. The molecule has 4 nitrogen and oxygen atoms in total. The molecule has 60 valence electrons. The molecule has 0 fully saturated rings. The Balaban J connectivity index is 2.77. The van der Waals surface area contributed by atoms with E-state index >= 15 is 0 Å². The van der Waals surface area contributed by atoms with Crippen molar-refractivity contribution in [3.63, 3.8) is 0 Å². The van der Waals surface area contributed by atoms with Crippen molar-refractivity contribution in [2.75, 3.05) is 0 Å². The summed E-state index contributed by atoms with van der Waals surface area (Å²) >= 11 is 0. The lowest BCUT2D eigenvalue weighted by molar-refractivity contribution is 0.164. The Morgan fingerprint density at radius 1 is 1.45 bits per heavy atom. The van der Waals surface area contributed by atoms with E-state index in [4.69, 9.17) is 10.8 Å². The van der Waals surface area contributed by atoms with Crippen molar-refractivity contribution in [1.29, 1.82) is 0 Å². The molecule has 0 aliphatic carbocycles. The van der Waals surface area contributed by atoms with Crippen LogP contribution in [-0.2, 0) is 0 Å². The molecule has 0 spiro atoms. The third kappa shape index (κ3) is 1.96. The number of aliphatic hydroxyl groups is 1. The molecule has 11 heavy (non-hydrogen) atoms. The van der Waals surface area contributed by atoms with Crippen LogP contribution in [0.3, 0.4) is 0 Å². The Bertz CT molecular complexity index is 212. The van der Waals surface area contributed by atoms with Gasteiger partial charge in [-0.05, 0) is 6.92 Å². The molecule has 0 aliphatic heterocycles. The fraction of sp³-hybridized carbons (Fsp3) is 0.429. The summed E-state index contributed by atoms with van der Waals surface area (Å²) < 4.78 is 0. The van der Waals surface area contributed by atoms with Gasteiger partial charge in [-0.1, -0.05) is 0 Å². The van der Waals surface area contributed by atoms with E-state index < -0.39 is 12.1 Å². The van der Waals surface area contributed by atoms with E-state index in [1.54, 1.807) is 19.3 Å². The van der Waals surface area contributed by atoms with E-state index in [1.807, 2.05) is 0 Å². The number of nitrogens with zero attached hydrogens (tertiary/aromatic N) is 2. The zero-order chi connectivity index (χ0) is 8.27. The van der Waals surface area contributed by atoms with Gasteiger partial charge in [0, 0.05) is 18.0 Å². The molecule has 2 atom stereocenters. The molecule has 0 saturated carbocycles. The summed E-state index contributed by atoms with van der Waals surface area (Å²) in [5, 5.41) is 9.09. The molecule has 4 heteroatoms. The lowest BCUT2D eigenvalue weighted by atomic mass is 10.1. The zero-order valence-electron chi connectivity index (χ0n) is 6.31. The quantitative estimate of drug-likeness (QED) is 0.620. The van der Waals surface area contributed by atoms with Gasteiger partial charge >= 0.3 is 0 Å². The number of rotatable bonds is 2. The predicted octanol–water partition coefficient (Wildman–Crippen LogP) is -0.143. The van der Waals surface area contributed by atoms with Crippen LogP contribution >= 0.6 is 0 Å². The van der Waals surface area contributed by atoms with Gasteiger partial charge in [0.1, 0.15) is 6.33 Å². The molecule has 0 radical (unpaired) electrons. The Labute approximate surface area is 65.1 Å². The molecule has 0 amide bonds. The Hall–Kier alpha value is -1.00. The normalized spacial score (nSPS) is 15.9. The average molecular weight is 153 g/mol. The van der Waals surface area contributed by atoms with E-state index in [-0.39, 0.29) is 0 Å². The zero-order valence-corrected chi connectivity index (χ0v) is 6.31. The van der Waals surface area contributed by atoms with Crippen LogP contribution in [0, 0.1) is 0 Å². The first-order valence-electron chi connectivity index (χ1n) is 3.40. The fourth-order valence-electron chi connectivity index (χ4n) is 0.761. The number of hydrogen-bond donors (Lipinski definition) is 2. The number of aromatic nitrogens is 2. The van der Waals surface area contributed by atoms with E-state index in [9.17, 15) is 0 Å². The van der Waals surface area contributed by atoms with E-state index in [1.165, 1.54) is 6.33 Å². The largest absolute Gasteiger partial charge is 0.391 e. The molecule has 1 rings (SSSR count). The molecule has 3 N–H and O–H groups in total. The van der Waals surface area contributed by atoms with Crippen molar-refractivity contribution in [2.45, 2.75) is 19.1 Å². The van der Waals surface area contributed by atoms with Crippen LogP contribution in [0.4, 0.5) is 0 Å². The van der Waals surface area contributed by atoms with Crippen molar-refractivity contribution >= 4 is 0 Å². The molecule has 0 unspecified atom stereocenters. The van der Waals surface area contributed by atoms with Gasteiger partial charge in [-0.3, -0.25) is 0 Å². The molecule has 1 aromatic rings. The van der Waals surface area contributed by atoms with Crippen LogP contribution in [0.1, 0.15) is 18.5 Å². The first kappa shape index (κ1) is 8.10. The molecule has 0 bridgehead atoms. The third-order valence-corrected chi connectivity index (χ3v) is 1.49. The van der Waals surface area contributed by atoms with Crippen LogP contribution < -0.4 is 5.73 Å². The van der Waals surface area contributed by atoms with Crippen LogP contribution in [0.15, 0.2) is 18.7 Å². The summed E-state index contributed by atoms with van der Waals surface area (Å²) in [4.78, 5) is 7.57. The maximum absolute atomic E-state index is 9.09. The first-order valence-corrected chi connectivity index (χ1v) is 3.40. The highest BCUT2D eigenvalue weighted by atomic mass is 16.3. The molecule has 0 saturated heterocycles. The maximum atomic E-state index is 9.09. The van der Waals surface area contributed by atoms with Crippen molar-refractivity contribution < 1.29 is 5.11 Å². The van der Waals surface area contributed by atoms with Crippen molar-refractivity contribution in [3.05, 3.63) is 24.3 Å². The lowest BCUT2D eigenvalue weighted by Crippen LogP contribution is -2.23. The minimum Gasteiger partial charge on any atom is -0.391 e. The Kier molecular flexibility index (Phi) is 2.51. The minimum absolute atomic E-state index is 0.392. The standard InChI is InChI=1S/C7H11N3O/c1-5(11)7(8)6-2-9-4-10-3-6/h2-5,7,11H,8H2,1H3/t5-,7-/m1/s1. The number of aliphatic hydroxyl groups excluding tert-OH is 1. The summed E-state index contributed by atoms with van der Waals surface area (Å²) in [7, 11) is 0. The molecule has 0 aromatic carbocycles. The average Bonchev–Trinajstić information content (AvgIpc) is 2.05. The summed E-state index contributed by atoms with van der Waals surface area (Å²) in [6.07, 6.45) is 4.06. The van der Waals surface area contributed by atoms with Crippen molar-refractivity contribution in [2.24, 2.45) is 5.73 Å². The van der Waals surface area contributed by atoms with Crippen molar-refractivity contribution in [1.82, 2.24) is 9.97 Å². The summed E-state index contributed by atoms with van der Waals surface area (Å²) in [5.41, 5.74) is 6.36. The fourth-order valence-corrected chi connectivity index (χ4v) is 0.761. The molecular weight excluding hydrogens is 142 g/mol. The minimum atomic E-state index is -0.569. The highest BCUT2D eigenvalue weighted by molar-refractivity contribution is 5.09. The second-order valence-corrected chi connectivity index (χ2v) is 2.44. The van der Waals surface area contributed by atoms with Gasteiger partial charge in [0.15, 0.2) is 0 Å². The second-order valence-electron chi connectivity index (χ2n) is 2.44. The lowest BCUT2D eigenvalue weighted by Gasteiger charge is -2.13. The maximum Gasteiger partial charge on any atom is 0.115 e. The number of hydrogen-bond acceptors (Lipinski definition) is 4. The summed E-state index contributed by atoms with van der Waals surface area (Å²) in [6.45, 7) is 1.64. The van der Waals surface area contributed by atoms with Crippen LogP contribution in [-0.4, -0.2) is 21.2 Å². The smallest absolute Gasteiger partial charge is 0.115 e. The summed E-state index contributed by atoms with van der Waals surface area (Å²) in [5.74, 6) is 0. The third-order valence-electron chi connectivity index (χ3n) is 1.49. The van der Waals surface area contributed by atoms with Gasteiger partial charge in [0.25, 0.3) is 0 Å². The van der Waals surface area contributed by atoms with Gasteiger partial charge < -0.3 is 10.8 Å². The van der Waals surface area contributed by atoms with Gasteiger partial charge in [-0.15, -0.1) is 0 Å². The van der Waals surface area contributed by atoms with Crippen molar-refractivity contribution in [3.8, 4) is 0 Å². The van der Waals surface area contributed by atoms with Crippen LogP contribution in [0.2, 0.25) is 0 Å². The highest BCUT2D eigenvalue weighted by Gasteiger charge is 2.11. The molecule has 1 heterocycles. The van der Waals surface area contributed by atoms with Gasteiger partial charge in [0.05, 0.1) is 12.1 Å². The first-order chi connectivity index (χ1) is 5.22. The van der Waals surface area contributed by atoms with E-state index in [0.29, 0.717) is 0 Å². The Morgan fingerprint density at radius 2 is 2.00 bits per heavy atom. The van der Waals surface area contributed by atoms with Crippen LogP contribution in [0.25, 0.3) is 0 Å². The number of nitrogens with two attached hydrogens (primary N) is 1. The topological polar surface area (TPSA) is 72.0 Å². The van der Waals surface area contributed by atoms with Gasteiger partial charge in [0.2, 0.25) is 0 Å². The molecule has 0 aliphatic rings. The molecular formula is C7H11N3O. The SMILES string of the molecule is C[C@@H](O)[C@@H](N)c1cncnc1. The van der Waals surface area contributed by atoms with Gasteiger partial charge in [-0.2, -0.15) is 0 Å². The van der Waals surface area contributed by atoms with Gasteiger partial charge in [-0.25, -0.2) is 9.97 Å². The summed E-state index contributed by atoms with van der Waals surface area (Å²) in [6, 6.07) is -0.392. The monoisotopic (exact) mass is 153 g/mol. The highest BCUT2D eigenvalue weighted by Crippen LogP contribution is 2.10. The van der Waals surface area contributed by atoms with E-state index in [0.717, 1.165) is 5.56 Å².